The molecule has 3 fully saturated rings. The Morgan fingerprint density at radius 2 is 1.14 bits per heavy atom. The van der Waals surface area contributed by atoms with Gasteiger partial charge in [0, 0.05) is 19.8 Å². The quantitative estimate of drug-likeness (QED) is 0.0304. The van der Waals surface area contributed by atoms with E-state index in [0.29, 0.717) is 12.8 Å². The molecule has 0 radical (unpaired) electrons. The summed E-state index contributed by atoms with van der Waals surface area (Å²) in [6.45, 7) is 2.07. The van der Waals surface area contributed by atoms with Crippen molar-refractivity contribution in [2.24, 2.45) is 0 Å². The van der Waals surface area contributed by atoms with Gasteiger partial charge in [-0.25, -0.2) is 4.79 Å². The van der Waals surface area contributed by atoms with Crippen LogP contribution in [0.4, 0.5) is 0 Å². The lowest BCUT2D eigenvalue weighted by Gasteiger charge is -2.50. The average Bonchev–Trinajstić information content (AvgIpc) is 1.58. The molecule has 494 valence electrons. The molecule has 0 saturated carbocycles. The van der Waals surface area contributed by atoms with Gasteiger partial charge in [0.05, 0.1) is 50.7 Å². The lowest BCUT2D eigenvalue weighted by Crippen LogP contribution is -2.70. The second-order valence-electron chi connectivity index (χ2n) is 23.3. The molecule has 18 atom stereocenters. The van der Waals surface area contributed by atoms with Crippen molar-refractivity contribution in [2.75, 3.05) is 26.4 Å². The van der Waals surface area contributed by atoms with Crippen LogP contribution in [0.1, 0.15) is 201 Å². The smallest absolute Gasteiger partial charge is 0.364 e. The molecule has 0 aromatic heterocycles. The van der Waals surface area contributed by atoms with Crippen LogP contribution in [0.15, 0.2) is 36.5 Å². The van der Waals surface area contributed by atoms with E-state index in [-0.39, 0.29) is 12.3 Å². The normalized spacial score (nSPS) is 29.8. The Hall–Kier alpha value is -3.05. The van der Waals surface area contributed by atoms with Gasteiger partial charge in [-0.05, 0) is 51.4 Å². The fourth-order valence-corrected chi connectivity index (χ4v) is 10.9. The van der Waals surface area contributed by atoms with Gasteiger partial charge in [-0.15, -0.1) is 0 Å². The Kier molecular flexibility index (Phi) is 39.1. The molecule has 3 rings (SSSR count). The van der Waals surface area contributed by atoms with Crippen LogP contribution >= 0.6 is 0 Å². The Morgan fingerprint density at radius 1 is 0.624 bits per heavy atom. The summed E-state index contributed by atoms with van der Waals surface area (Å²) in [4.78, 5) is 38.4. The maximum Gasteiger partial charge on any atom is 0.364 e. The molecular weight excluding hydrogens is 1110 g/mol. The van der Waals surface area contributed by atoms with Crippen LogP contribution in [-0.2, 0) is 42.8 Å². The summed E-state index contributed by atoms with van der Waals surface area (Å²) >= 11 is 0. The van der Waals surface area contributed by atoms with Gasteiger partial charge in [0.2, 0.25) is 11.8 Å². The molecule has 18 unspecified atom stereocenters. The zero-order chi connectivity index (χ0) is 62.6. The molecule has 3 heterocycles. The number of ether oxygens (including phenoxy) is 6. The number of allylic oxidation sites excluding steroid dienone is 5. The highest BCUT2D eigenvalue weighted by molar-refractivity contribution is 5.77. The Labute approximate surface area is 504 Å². The van der Waals surface area contributed by atoms with Crippen molar-refractivity contribution in [3.63, 3.8) is 0 Å². The fourth-order valence-electron chi connectivity index (χ4n) is 10.9. The molecule has 0 aromatic carbocycles. The Bertz CT molecular complexity index is 1880. The predicted octanol–water partition coefficient (Wildman–Crippen LogP) is 3.89. The van der Waals surface area contributed by atoms with Crippen LogP contribution in [0.5, 0.6) is 0 Å². The minimum absolute atomic E-state index is 0.190. The van der Waals surface area contributed by atoms with E-state index in [0.717, 1.165) is 84.0 Å². The van der Waals surface area contributed by atoms with Crippen molar-refractivity contribution in [2.45, 2.75) is 310 Å². The van der Waals surface area contributed by atoms with E-state index in [4.69, 9.17) is 28.4 Å². The van der Waals surface area contributed by atoms with Gasteiger partial charge >= 0.3 is 5.97 Å². The van der Waals surface area contributed by atoms with Gasteiger partial charge in [0.15, 0.2) is 12.6 Å². The molecule has 0 aliphatic carbocycles. The molecule has 23 heteroatoms. The van der Waals surface area contributed by atoms with E-state index < -0.39 is 155 Å². The van der Waals surface area contributed by atoms with Gasteiger partial charge < -0.3 is 100 Å². The number of hydrogen-bond donors (Lipinski definition) is 14. The van der Waals surface area contributed by atoms with Gasteiger partial charge in [-0.3, -0.25) is 9.59 Å². The molecular formula is C62H110N2O21. The second kappa shape index (κ2) is 43.6. The summed E-state index contributed by atoms with van der Waals surface area (Å²) in [6.07, 6.45) is 12.0. The molecule has 3 saturated heterocycles. The highest BCUT2D eigenvalue weighted by Gasteiger charge is 2.60. The number of hydrogen-bond acceptors (Lipinski definition) is 20. The van der Waals surface area contributed by atoms with Crippen molar-refractivity contribution in [1.82, 2.24) is 10.6 Å². The van der Waals surface area contributed by atoms with Crippen LogP contribution in [-0.4, -0.2) is 215 Å². The first-order valence-electron chi connectivity index (χ1n) is 31.9. The zero-order valence-electron chi connectivity index (χ0n) is 50.9. The van der Waals surface area contributed by atoms with Crippen molar-refractivity contribution < 1.29 is 104 Å². The molecule has 3 aliphatic rings. The zero-order valence-corrected chi connectivity index (χ0v) is 50.9. The van der Waals surface area contributed by atoms with Crippen LogP contribution in [0.25, 0.3) is 0 Å². The van der Waals surface area contributed by atoms with Crippen molar-refractivity contribution >= 4 is 17.8 Å². The number of carboxylic acids is 1. The maximum absolute atomic E-state index is 13.4. The summed E-state index contributed by atoms with van der Waals surface area (Å²) in [6, 6.07) is -2.62. The van der Waals surface area contributed by atoms with Gasteiger partial charge in [0.25, 0.3) is 5.79 Å². The van der Waals surface area contributed by atoms with Crippen molar-refractivity contribution in [3.8, 4) is 0 Å². The third kappa shape index (κ3) is 27.3. The number of aliphatic hydroxyl groups excluding tert-OH is 11. The van der Waals surface area contributed by atoms with E-state index in [9.17, 15) is 75.7 Å². The first-order chi connectivity index (χ1) is 40.9. The Balaban J connectivity index is 1.65. The van der Waals surface area contributed by atoms with E-state index in [2.05, 4.69) is 48.8 Å². The summed E-state index contributed by atoms with van der Waals surface area (Å²) < 4.78 is 34.7. The van der Waals surface area contributed by atoms with Crippen LogP contribution < -0.4 is 10.6 Å². The largest absolute Gasteiger partial charge is 0.477 e. The number of unbranched alkanes of at least 4 members (excludes halogenated alkanes) is 22. The number of aliphatic carboxylic acids is 1. The number of rotatable bonds is 46. The third-order valence-corrected chi connectivity index (χ3v) is 16.1. The lowest BCUT2D eigenvalue weighted by molar-refractivity contribution is -0.386. The highest BCUT2D eigenvalue weighted by Crippen LogP contribution is 2.38. The molecule has 3 aliphatic heterocycles. The molecule has 23 nitrogen and oxygen atoms in total. The molecule has 0 bridgehead atoms. The maximum atomic E-state index is 13.4. The summed E-state index contributed by atoms with van der Waals surface area (Å²) in [5.41, 5.74) is 0. The molecule has 0 aromatic rings. The number of carbonyl (C=O) groups is 3. The van der Waals surface area contributed by atoms with Crippen LogP contribution in [0, 0.1) is 0 Å². The van der Waals surface area contributed by atoms with Gasteiger partial charge in [-0.2, -0.15) is 0 Å². The first kappa shape index (κ1) is 76.2. The monoisotopic (exact) mass is 1220 g/mol. The Morgan fingerprint density at radius 3 is 1.68 bits per heavy atom. The average molecular weight is 1220 g/mol. The lowest BCUT2D eigenvalue weighted by atomic mass is 9.88. The molecule has 2 amide bonds. The first-order valence-corrected chi connectivity index (χ1v) is 31.9. The number of aliphatic hydroxyl groups is 11. The number of nitrogens with one attached hydrogen (secondary N) is 2. The second-order valence-corrected chi connectivity index (χ2v) is 23.3. The summed E-state index contributed by atoms with van der Waals surface area (Å²) in [5.74, 6) is -6.16. The third-order valence-electron chi connectivity index (χ3n) is 16.1. The fraction of sp³-hybridized carbons (Fsp3) is 0.855. The van der Waals surface area contributed by atoms with Gasteiger partial charge in [-0.1, -0.05) is 166 Å². The summed E-state index contributed by atoms with van der Waals surface area (Å²) in [7, 11) is 0. The van der Waals surface area contributed by atoms with E-state index in [1.807, 2.05) is 6.08 Å². The SMILES string of the molecule is CCCCC/C=C\C/C=C\CCCCCCCCCC(=O)NC(COC1OC(CO)C(OC2OC(CO)C(O)C(OC3(C(=O)O)CC(O)C(NC(C)=O)C(C(O)C(O)CO)O3)C2O)C(O)C1O)C(O)/C=C/CCCCCCCCCCCCCC. The minimum atomic E-state index is -3.08. The number of carboxylic acid groups (broad SMARTS) is 1. The molecule has 14 N–H and O–H groups in total. The number of amides is 2. The molecule has 0 spiro atoms. The predicted molar refractivity (Wildman–Crippen MR) is 315 cm³/mol. The van der Waals surface area contributed by atoms with Crippen LogP contribution in [0.3, 0.4) is 0 Å². The highest BCUT2D eigenvalue weighted by atomic mass is 16.8. The standard InChI is InChI=1S/C62H110N2O21/c1-4-6-8-10-12-14-16-18-20-21-22-24-26-28-30-32-34-36-49(72)64-43(44(69)35-33-31-29-27-25-23-19-17-15-13-11-9-7-5-2)41-80-59-54(76)53(75)56(48(40-67)82-59)83-60-55(77)58(52(74)47(39-66)81-60)85-62(61(78)79)37-45(70)50(63-42(3)68)57(84-62)51(73)46(71)38-65/h12,14,18,20,33,35,43-48,50-60,65-67,69-71,73-77H,4-11,13,15-17,19,21-32,34,36-41H2,1-3H3,(H,63,68)(H,64,72)(H,78,79)/b14-12-,20-18-,35-33+. The van der Waals surface area contributed by atoms with E-state index in [1.54, 1.807) is 6.08 Å². The van der Waals surface area contributed by atoms with Gasteiger partial charge in [0.1, 0.15) is 67.1 Å². The van der Waals surface area contributed by atoms with E-state index >= 15 is 0 Å². The van der Waals surface area contributed by atoms with Crippen molar-refractivity contribution in [3.05, 3.63) is 36.5 Å². The minimum Gasteiger partial charge on any atom is -0.477 e. The van der Waals surface area contributed by atoms with Crippen molar-refractivity contribution in [1.29, 1.82) is 0 Å². The summed E-state index contributed by atoms with van der Waals surface area (Å²) in [5, 5.41) is 136. The molecule has 85 heavy (non-hydrogen) atoms. The number of carbonyl (C=O) groups excluding carboxylic acids is 2. The topological polar surface area (TPSA) is 373 Å². The van der Waals surface area contributed by atoms with E-state index in [1.165, 1.54) is 77.0 Å². The van der Waals surface area contributed by atoms with Crippen LogP contribution in [0.2, 0.25) is 0 Å².